The molecule has 3 aliphatic rings. The molecule has 2 aliphatic heterocycles. The van der Waals surface area contributed by atoms with Crippen molar-refractivity contribution in [3.8, 4) is 5.75 Å². The maximum atomic E-state index is 14.3. The van der Waals surface area contributed by atoms with E-state index in [-0.39, 0.29) is 27.5 Å². The summed E-state index contributed by atoms with van der Waals surface area (Å²) >= 11 is 0. The highest BCUT2D eigenvalue weighted by atomic mass is 32.2. The number of ether oxygens (including phenoxy) is 2. The predicted molar refractivity (Wildman–Crippen MR) is 144 cm³/mol. The number of rotatable bonds is 7. The summed E-state index contributed by atoms with van der Waals surface area (Å²) in [5.41, 5.74) is -0.985. The molecule has 2 N–H and O–H groups in total. The number of hydrogen-bond acceptors (Lipinski definition) is 8. The molecule has 0 unspecified atom stereocenters. The number of amides is 1. The Morgan fingerprint density at radius 1 is 1.25 bits per heavy atom. The lowest BCUT2D eigenvalue weighted by Crippen LogP contribution is -2.42. The van der Waals surface area contributed by atoms with E-state index in [4.69, 9.17) is 9.47 Å². The van der Waals surface area contributed by atoms with E-state index in [9.17, 15) is 32.6 Å². The zero-order chi connectivity index (χ0) is 28.8. The van der Waals surface area contributed by atoms with Gasteiger partial charge in [-0.15, -0.1) is 0 Å². The van der Waals surface area contributed by atoms with Gasteiger partial charge >= 0.3 is 12.1 Å². The number of fused-ring (bicyclic) bond motifs is 3. The van der Waals surface area contributed by atoms with Gasteiger partial charge < -0.3 is 19.7 Å². The van der Waals surface area contributed by atoms with Crippen LogP contribution >= 0.6 is 0 Å². The van der Waals surface area contributed by atoms with E-state index in [0.29, 0.717) is 44.6 Å². The van der Waals surface area contributed by atoms with Crippen LogP contribution in [0.3, 0.4) is 0 Å². The third-order valence-electron chi connectivity index (χ3n) is 7.79. The van der Waals surface area contributed by atoms with Gasteiger partial charge in [0.05, 0.1) is 29.9 Å². The van der Waals surface area contributed by atoms with Gasteiger partial charge in [0.1, 0.15) is 17.1 Å². The molecule has 10 nitrogen and oxygen atoms in total. The molecule has 2 heterocycles. The maximum Gasteiger partial charge on any atom is 0.428 e. The van der Waals surface area contributed by atoms with E-state index in [0.717, 1.165) is 31.7 Å². The van der Waals surface area contributed by atoms with Crippen LogP contribution < -0.4 is 9.04 Å². The fourth-order valence-corrected chi connectivity index (χ4v) is 6.90. The van der Waals surface area contributed by atoms with Gasteiger partial charge in [0, 0.05) is 25.6 Å². The third kappa shape index (κ3) is 5.30. The van der Waals surface area contributed by atoms with Crippen molar-refractivity contribution in [1.82, 2.24) is 4.90 Å². The molecule has 0 radical (unpaired) electrons. The summed E-state index contributed by atoms with van der Waals surface area (Å²) in [5, 5.41) is 20.2. The molecule has 40 heavy (non-hydrogen) atoms. The third-order valence-corrected chi connectivity index (χ3v) is 9.54. The number of nitrogens with zero attached hydrogens (tertiary/aromatic N) is 2. The molecule has 0 bridgehead atoms. The normalized spacial score (nSPS) is 21.7. The Kier molecular flexibility index (Phi) is 7.36. The molecule has 12 heteroatoms. The van der Waals surface area contributed by atoms with Gasteiger partial charge in [-0.1, -0.05) is 18.2 Å². The number of anilines is 1. The standard InChI is InChI=1S/C28H31FN2O8S/c1-28(35)9-12-30(13-10-28)11-3-4-17-14-19(29)5-8-23(17)40(36,37)31(27(34)38-2)22-7-6-20-21-15-18(21)16-39-25(20)24(22)26(32)33/h3-8,14,18,21,35H,9-13,15-16H2,1-2H3,(H,32,33)/b4-3-/t18-,21-/m0/s1. The van der Waals surface area contributed by atoms with Crippen molar-refractivity contribution >= 4 is 33.8 Å². The van der Waals surface area contributed by atoms with Crippen molar-refractivity contribution in [1.29, 1.82) is 0 Å². The van der Waals surface area contributed by atoms with Crippen molar-refractivity contribution in [2.75, 3.05) is 37.7 Å². The van der Waals surface area contributed by atoms with Crippen molar-refractivity contribution in [3.05, 3.63) is 58.9 Å². The summed E-state index contributed by atoms with van der Waals surface area (Å²) in [6.07, 6.45) is 3.81. The number of methoxy groups -OCH3 is 1. The van der Waals surface area contributed by atoms with Crippen LogP contribution in [0.1, 0.15) is 53.6 Å². The molecule has 1 saturated carbocycles. The number of benzene rings is 2. The second-order valence-corrected chi connectivity index (χ2v) is 12.5. The molecule has 1 aliphatic carbocycles. The Morgan fingerprint density at radius 2 is 1.98 bits per heavy atom. The number of hydrogen-bond donors (Lipinski definition) is 2. The molecule has 2 aromatic carbocycles. The van der Waals surface area contributed by atoms with Crippen LogP contribution in [0.15, 0.2) is 41.3 Å². The second kappa shape index (κ2) is 10.5. The monoisotopic (exact) mass is 574 g/mol. The number of piperidine rings is 1. The first-order chi connectivity index (χ1) is 18.9. The van der Waals surface area contributed by atoms with Crippen LogP contribution in [0.4, 0.5) is 14.9 Å². The Hall–Kier alpha value is -3.48. The SMILES string of the molecule is COC(=O)N(c1ccc2c(c1C(=O)O)OC[C@@H]1C[C@H]21)S(=O)(=O)c1ccc(F)cc1/C=C\CN1CCC(C)(O)CC1. The number of halogens is 1. The smallest absolute Gasteiger partial charge is 0.428 e. The molecule has 0 aromatic heterocycles. The molecule has 1 saturated heterocycles. The molecule has 1 amide bonds. The fourth-order valence-electron chi connectivity index (χ4n) is 5.35. The number of likely N-dealkylation sites (tertiary alicyclic amines) is 1. The molecule has 2 aromatic rings. The van der Waals surface area contributed by atoms with E-state index in [1.165, 1.54) is 12.1 Å². The first-order valence-corrected chi connectivity index (χ1v) is 14.4. The van der Waals surface area contributed by atoms with Gasteiger partial charge in [-0.05, 0) is 67.5 Å². The highest BCUT2D eigenvalue weighted by molar-refractivity contribution is 7.93. The topological polar surface area (TPSA) is 134 Å². The van der Waals surface area contributed by atoms with E-state index < -0.39 is 49.7 Å². The zero-order valence-corrected chi connectivity index (χ0v) is 23.0. The van der Waals surface area contributed by atoms with Crippen LogP contribution in [0.5, 0.6) is 5.75 Å². The van der Waals surface area contributed by atoms with Gasteiger partial charge in [0.15, 0.2) is 0 Å². The highest BCUT2D eigenvalue weighted by Crippen LogP contribution is 2.55. The maximum absolute atomic E-state index is 14.3. The highest BCUT2D eigenvalue weighted by Gasteiger charge is 2.47. The van der Waals surface area contributed by atoms with Crippen LogP contribution in [0, 0.1) is 11.7 Å². The van der Waals surface area contributed by atoms with Crippen LogP contribution in [0.2, 0.25) is 0 Å². The summed E-state index contributed by atoms with van der Waals surface area (Å²) in [7, 11) is -3.81. The molecule has 2 fully saturated rings. The van der Waals surface area contributed by atoms with E-state index in [2.05, 4.69) is 4.90 Å². The molecule has 214 valence electrons. The Labute approximate surface area is 231 Å². The molecular formula is C28H31FN2O8S. The van der Waals surface area contributed by atoms with Gasteiger partial charge in [-0.3, -0.25) is 4.90 Å². The summed E-state index contributed by atoms with van der Waals surface area (Å²) in [4.78, 5) is 27.0. The Bertz CT molecular complexity index is 1480. The van der Waals surface area contributed by atoms with Crippen LogP contribution in [-0.2, 0) is 14.8 Å². The summed E-state index contributed by atoms with van der Waals surface area (Å²) in [5.74, 6) is -1.71. The van der Waals surface area contributed by atoms with E-state index in [1.807, 2.05) is 0 Å². The fraction of sp³-hybridized carbons (Fsp3) is 0.429. The second-order valence-electron chi connectivity index (χ2n) is 10.7. The van der Waals surface area contributed by atoms with E-state index >= 15 is 0 Å². The van der Waals surface area contributed by atoms with Crippen LogP contribution in [0.25, 0.3) is 6.08 Å². The summed E-state index contributed by atoms with van der Waals surface area (Å²) in [6, 6.07) is 5.86. The number of aromatic carboxylic acids is 1. The van der Waals surface area contributed by atoms with Crippen LogP contribution in [-0.4, -0.2) is 74.5 Å². The van der Waals surface area contributed by atoms with Gasteiger partial charge in [0.2, 0.25) is 0 Å². The predicted octanol–water partition coefficient (Wildman–Crippen LogP) is 3.84. The Balaban J connectivity index is 1.53. The quantitative estimate of drug-likeness (QED) is 0.506. The van der Waals surface area contributed by atoms with Gasteiger partial charge in [-0.2, -0.15) is 4.31 Å². The number of carbonyl (C=O) groups excluding carboxylic acids is 1. The lowest BCUT2D eigenvalue weighted by molar-refractivity contribution is -0.00242. The average molecular weight is 575 g/mol. The van der Waals surface area contributed by atoms with Gasteiger partial charge in [0.25, 0.3) is 10.0 Å². The lowest BCUT2D eigenvalue weighted by atomic mass is 9.94. The van der Waals surface area contributed by atoms with Crippen molar-refractivity contribution < 1.29 is 42.1 Å². The first-order valence-electron chi connectivity index (χ1n) is 13.0. The number of carboxylic acids is 1. The number of carbonyl (C=O) groups is 2. The van der Waals surface area contributed by atoms with Crippen molar-refractivity contribution in [2.24, 2.45) is 5.92 Å². The minimum atomic E-state index is -4.79. The minimum Gasteiger partial charge on any atom is -0.492 e. The number of sulfonamides is 1. The van der Waals surface area contributed by atoms with E-state index in [1.54, 1.807) is 19.1 Å². The number of aliphatic hydroxyl groups is 1. The summed E-state index contributed by atoms with van der Waals surface area (Å²) < 4.78 is 53.1. The molecular weight excluding hydrogens is 543 g/mol. The van der Waals surface area contributed by atoms with Gasteiger partial charge in [-0.25, -0.2) is 22.4 Å². The van der Waals surface area contributed by atoms with Crippen molar-refractivity contribution in [2.45, 2.75) is 42.6 Å². The molecule has 5 rings (SSSR count). The lowest BCUT2D eigenvalue weighted by Gasteiger charge is -2.35. The first kappa shape index (κ1) is 28.1. The number of carboxylic acid groups (broad SMARTS) is 1. The molecule has 2 atom stereocenters. The Morgan fingerprint density at radius 3 is 2.65 bits per heavy atom. The summed E-state index contributed by atoms with van der Waals surface area (Å²) in [6.45, 7) is 3.79. The average Bonchev–Trinajstić information content (AvgIpc) is 3.69. The zero-order valence-electron chi connectivity index (χ0n) is 22.2. The largest absolute Gasteiger partial charge is 0.492 e. The minimum absolute atomic E-state index is 0.0233. The molecule has 0 spiro atoms. The van der Waals surface area contributed by atoms with Crippen molar-refractivity contribution in [3.63, 3.8) is 0 Å².